The minimum absolute atomic E-state index is 0.0302. The molecule has 2 amide bonds. The molecule has 0 aliphatic carbocycles. The van der Waals surface area contributed by atoms with Gasteiger partial charge in [0.1, 0.15) is 11.5 Å². The molecule has 0 bridgehead atoms. The zero-order chi connectivity index (χ0) is 23.3. The van der Waals surface area contributed by atoms with E-state index in [0.717, 1.165) is 25.3 Å². The highest BCUT2D eigenvalue weighted by atomic mass is 16.5. The van der Waals surface area contributed by atoms with Crippen LogP contribution in [0, 0.1) is 0 Å². The van der Waals surface area contributed by atoms with Crippen molar-refractivity contribution in [2.75, 3.05) is 51.7 Å². The Hall–Kier alpha value is -2.84. The summed E-state index contributed by atoms with van der Waals surface area (Å²) in [5, 5.41) is 5.88. The van der Waals surface area contributed by atoms with E-state index in [1.54, 1.807) is 25.5 Å². The van der Waals surface area contributed by atoms with Crippen LogP contribution in [0.1, 0.15) is 39.0 Å². The van der Waals surface area contributed by atoms with Crippen LogP contribution in [0.5, 0.6) is 5.75 Å². The van der Waals surface area contributed by atoms with E-state index in [2.05, 4.69) is 29.4 Å². The lowest BCUT2D eigenvalue weighted by Crippen LogP contribution is -2.44. The molecule has 176 valence electrons. The summed E-state index contributed by atoms with van der Waals surface area (Å²) in [6.45, 7) is 9.26. The van der Waals surface area contributed by atoms with Crippen LogP contribution >= 0.6 is 0 Å². The van der Waals surface area contributed by atoms with E-state index in [-0.39, 0.29) is 30.9 Å². The molecule has 0 spiro atoms. The number of likely N-dealkylation sites (N-methyl/N-ethyl adjacent to an activating group) is 1. The second-order valence-electron chi connectivity index (χ2n) is 7.52. The highest BCUT2D eigenvalue weighted by Crippen LogP contribution is 2.23. The van der Waals surface area contributed by atoms with Gasteiger partial charge in [-0.15, -0.1) is 0 Å². The van der Waals surface area contributed by atoms with Gasteiger partial charge in [0.05, 0.1) is 38.2 Å². The monoisotopic (exact) mass is 444 g/mol. The van der Waals surface area contributed by atoms with Crippen LogP contribution in [0.4, 0.5) is 5.69 Å². The van der Waals surface area contributed by atoms with Crippen molar-refractivity contribution in [3.8, 4) is 5.75 Å². The maximum atomic E-state index is 12.7. The number of hydrogen-bond donors (Lipinski definition) is 2. The van der Waals surface area contributed by atoms with Crippen LogP contribution in [-0.2, 0) is 9.59 Å². The van der Waals surface area contributed by atoms with Crippen LogP contribution in [0.2, 0.25) is 0 Å². The number of anilines is 1. The third-order valence-corrected chi connectivity index (χ3v) is 5.27. The predicted octanol–water partition coefficient (Wildman–Crippen LogP) is 3.14. The zero-order valence-corrected chi connectivity index (χ0v) is 19.6. The van der Waals surface area contributed by atoms with Crippen molar-refractivity contribution in [2.45, 2.75) is 33.2 Å². The normalized spacial score (nSPS) is 12.1. The number of methoxy groups -OCH3 is 1. The first-order chi connectivity index (χ1) is 15.5. The van der Waals surface area contributed by atoms with Gasteiger partial charge in [-0.2, -0.15) is 0 Å². The average molecular weight is 445 g/mol. The van der Waals surface area contributed by atoms with Gasteiger partial charge in [-0.1, -0.05) is 32.9 Å². The Bertz CT molecular complexity index is 821. The number of nitrogens with one attached hydrogen (secondary N) is 2. The molecule has 0 fully saturated rings. The molecule has 0 saturated heterocycles. The zero-order valence-electron chi connectivity index (χ0n) is 19.6. The molecule has 0 saturated carbocycles. The Morgan fingerprint density at radius 3 is 2.38 bits per heavy atom. The van der Waals surface area contributed by atoms with Gasteiger partial charge in [-0.05, 0) is 50.3 Å². The van der Waals surface area contributed by atoms with E-state index in [0.29, 0.717) is 24.5 Å². The number of benzene rings is 1. The molecular weight excluding hydrogens is 408 g/mol. The molecule has 1 aromatic carbocycles. The van der Waals surface area contributed by atoms with E-state index in [9.17, 15) is 9.59 Å². The second kappa shape index (κ2) is 13.5. The van der Waals surface area contributed by atoms with Crippen molar-refractivity contribution in [1.29, 1.82) is 0 Å². The lowest BCUT2D eigenvalue weighted by Gasteiger charge is -2.28. The van der Waals surface area contributed by atoms with Crippen LogP contribution < -0.4 is 15.4 Å². The largest absolute Gasteiger partial charge is 0.495 e. The Morgan fingerprint density at radius 2 is 1.75 bits per heavy atom. The van der Waals surface area contributed by atoms with Gasteiger partial charge >= 0.3 is 0 Å². The Morgan fingerprint density at radius 1 is 1.03 bits per heavy atom. The number of rotatable bonds is 14. The van der Waals surface area contributed by atoms with E-state index in [1.165, 1.54) is 0 Å². The quantitative estimate of drug-likeness (QED) is 0.466. The van der Waals surface area contributed by atoms with Crippen molar-refractivity contribution >= 4 is 17.5 Å². The molecule has 1 unspecified atom stereocenters. The van der Waals surface area contributed by atoms with Gasteiger partial charge in [-0.25, -0.2) is 0 Å². The summed E-state index contributed by atoms with van der Waals surface area (Å²) in [7, 11) is 1.56. The number of nitrogens with zero attached hydrogens (tertiary/aromatic N) is 2. The Balaban J connectivity index is 1.93. The van der Waals surface area contributed by atoms with Crippen LogP contribution in [0.15, 0.2) is 47.1 Å². The predicted molar refractivity (Wildman–Crippen MR) is 126 cm³/mol. The van der Waals surface area contributed by atoms with E-state index in [4.69, 9.17) is 9.15 Å². The van der Waals surface area contributed by atoms with Crippen LogP contribution in [0.25, 0.3) is 0 Å². The van der Waals surface area contributed by atoms with Gasteiger partial charge in [0.2, 0.25) is 11.8 Å². The van der Waals surface area contributed by atoms with Crippen molar-refractivity contribution < 1.29 is 18.7 Å². The standard InChI is InChI=1S/C24H36N4O4/c1-5-14-27(18-24(30)26-19-11-8-9-12-21(19)31-4)17-23(29)25-16-20(28(6-2)7-3)22-13-10-15-32-22/h8-13,15,20H,5-7,14,16-18H2,1-4H3,(H,25,29)(H,26,30). The molecule has 0 aliphatic rings. The minimum atomic E-state index is -0.188. The lowest BCUT2D eigenvalue weighted by molar-refractivity contribution is -0.123. The summed E-state index contributed by atoms with van der Waals surface area (Å²) in [6.07, 6.45) is 2.49. The van der Waals surface area contributed by atoms with Gasteiger partial charge in [0, 0.05) is 6.54 Å². The topological polar surface area (TPSA) is 87.1 Å². The maximum absolute atomic E-state index is 12.7. The molecule has 32 heavy (non-hydrogen) atoms. The minimum Gasteiger partial charge on any atom is -0.495 e. The first kappa shape index (κ1) is 25.4. The fourth-order valence-corrected chi connectivity index (χ4v) is 3.70. The molecule has 2 rings (SSSR count). The lowest BCUT2D eigenvalue weighted by atomic mass is 10.2. The highest BCUT2D eigenvalue weighted by Gasteiger charge is 2.22. The van der Waals surface area contributed by atoms with E-state index >= 15 is 0 Å². The van der Waals surface area contributed by atoms with Gasteiger partial charge in [0.25, 0.3) is 0 Å². The number of furan rings is 1. The molecule has 1 heterocycles. The first-order valence-corrected chi connectivity index (χ1v) is 11.2. The Kier molecular flexibility index (Phi) is 10.8. The first-order valence-electron chi connectivity index (χ1n) is 11.2. The maximum Gasteiger partial charge on any atom is 0.238 e. The smallest absolute Gasteiger partial charge is 0.238 e. The molecule has 8 heteroatoms. The molecule has 2 aromatic rings. The molecular formula is C24H36N4O4. The third kappa shape index (κ3) is 7.69. The SMILES string of the molecule is CCCN(CC(=O)NCC(c1ccco1)N(CC)CC)CC(=O)Nc1ccccc1OC. The number of amides is 2. The van der Waals surface area contributed by atoms with Crippen LogP contribution in [-0.4, -0.2) is 68.0 Å². The molecule has 1 atom stereocenters. The van der Waals surface area contributed by atoms with Crippen molar-refractivity contribution in [3.63, 3.8) is 0 Å². The number of para-hydroxylation sites is 2. The van der Waals surface area contributed by atoms with Gasteiger partial charge < -0.3 is 19.8 Å². The van der Waals surface area contributed by atoms with Crippen molar-refractivity contribution in [1.82, 2.24) is 15.1 Å². The third-order valence-electron chi connectivity index (χ3n) is 5.27. The molecule has 0 radical (unpaired) electrons. The molecule has 0 aliphatic heterocycles. The van der Waals surface area contributed by atoms with Crippen LogP contribution in [0.3, 0.4) is 0 Å². The van der Waals surface area contributed by atoms with Gasteiger partial charge in [0.15, 0.2) is 0 Å². The average Bonchev–Trinajstić information content (AvgIpc) is 3.31. The van der Waals surface area contributed by atoms with Crippen molar-refractivity contribution in [3.05, 3.63) is 48.4 Å². The molecule has 1 aromatic heterocycles. The summed E-state index contributed by atoms with van der Waals surface area (Å²) in [5.41, 5.74) is 0.612. The summed E-state index contributed by atoms with van der Waals surface area (Å²) in [4.78, 5) is 29.4. The summed E-state index contributed by atoms with van der Waals surface area (Å²) in [5.74, 6) is 1.12. The summed E-state index contributed by atoms with van der Waals surface area (Å²) >= 11 is 0. The van der Waals surface area contributed by atoms with Crippen molar-refractivity contribution in [2.24, 2.45) is 0 Å². The van der Waals surface area contributed by atoms with Gasteiger partial charge in [-0.3, -0.25) is 19.4 Å². The number of ether oxygens (including phenoxy) is 1. The van der Waals surface area contributed by atoms with E-state index in [1.807, 2.05) is 36.1 Å². The second-order valence-corrected chi connectivity index (χ2v) is 7.52. The highest BCUT2D eigenvalue weighted by molar-refractivity contribution is 5.94. The molecule has 8 nitrogen and oxygen atoms in total. The fraction of sp³-hybridized carbons (Fsp3) is 0.500. The summed E-state index contributed by atoms with van der Waals surface area (Å²) < 4.78 is 10.9. The van der Waals surface area contributed by atoms with E-state index < -0.39 is 0 Å². The number of hydrogen-bond acceptors (Lipinski definition) is 6. The summed E-state index contributed by atoms with van der Waals surface area (Å²) in [6, 6.07) is 11.0. The number of carbonyl (C=O) groups is 2. The fourth-order valence-electron chi connectivity index (χ4n) is 3.70. The number of carbonyl (C=O) groups excluding carboxylic acids is 2. The Labute approximate surface area is 190 Å². The molecule has 2 N–H and O–H groups in total.